The van der Waals surface area contributed by atoms with E-state index in [0.717, 1.165) is 0 Å². The Balaban J connectivity index is 2.26. The van der Waals surface area contributed by atoms with E-state index in [1.54, 1.807) is 13.1 Å². The third-order valence-electron chi connectivity index (χ3n) is 4.22. The number of aromatic nitrogens is 4. The molecule has 0 amide bonds. The van der Waals surface area contributed by atoms with Crippen molar-refractivity contribution in [3.8, 4) is 11.4 Å². The molecule has 2 aliphatic heterocycles. The van der Waals surface area contributed by atoms with Crippen LogP contribution in [0.5, 0.6) is 0 Å². The number of carbonyl (C=O) groups excluding carboxylic acids is 2. The third kappa shape index (κ3) is 3.26. The molecule has 0 saturated carbocycles. The molecule has 0 radical (unpaired) electrons. The minimum absolute atomic E-state index is 0.102. The number of carbonyl (C=O) groups is 2. The van der Waals surface area contributed by atoms with Crippen LogP contribution < -0.4 is 16.3 Å². The summed E-state index contributed by atoms with van der Waals surface area (Å²) in [6.07, 6.45) is 3.03. The van der Waals surface area contributed by atoms with Crippen LogP contribution in [0.15, 0.2) is 11.0 Å². The summed E-state index contributed by atoms with van der Waals surface area (Å²) < 4.78 is 9.55. The number of ether oxygens (including phenoxy) is 2. The van der Waals surface area contributed by atoms with Gasteiger partial charge in [0.1, 0.15) is 11.3 Å². The number of hydrogen-bond donors (Lipinski definition) is 3. The number of nitrogens with one attached hydrogen (secondary N) is 3. The summed E-state index contributed by atoms with van der Waals surface area (Å²) in [6, 6.07) is 0. The van der Waals surface area contributed by atoms with Gasteiger partial charge in [-0.15, -0.1) is 0 Å². The molecule has 3 rings (SSSR count). The maximum absolute atomic E-state index is 12.4. The van der Waals surface area contributed by atoms with Gasteiger partial charge >= 0.3 is 11.9 Å². The minimum Gasteiger partial charge on any atom is -0.469 e. The number of hydrogen-bond acceptors (Lipinski definition) is 6. The van der Waals surface area contributed by atoms with E-state index < -0.39 is 11.9 Å². The normalized spacial score (nSPS) is 11.7. The van der Waals surface area contributed by atoms with Crippen molar-refractivity contribution in [2.75, 3.05) is 14.2 Å². The van der Waals surface area contributed by atoms with Crippen molar-refractivity contribution in [1.29, 1.82) is 0 Å². The second-order valence-corrected chi connectivity index (χ2v) is 5.88. The van der Waals surface area contributed by atoms with Gasteiger partial charge in [-0.2, -0.15) is 0 Å². The van der Waals surface area contributed by atoms with Crippen molar-refractivity contribution in [1.82, 2.24) is 19.9 Å². The standard InChI is InChI=1S/C18H18N4O5/c1-8-10(6-14(23)26-3)15(18(25)27-4)13(20-8)5-11-12-7-19-9(2)21-16(12)22-17(11)24/h5,7,19-20H,2,6H2,1,3-4H3,(H,21,22,24). The zero-order valence-electron chi connectivity index (χ0n) is 15.1. The Hall–Kier alpha value is -3.62. The number of fused-ring (bicyclic) bond motifs is 1. The molecule has 1 aromatic rings. The fraction of sp³-hybridized carbons (Fsp3) is 0.222. The van der Waals surface area contributed by atoms with Gasteiger partial charge in [-0.05, 0) is 18.6 Å². The molecule has 2 aliphatic rings. The average molecular weight is 370 g/mol. The van der Waals surface area contributed by atoms with E-state index in [-0.39, 0.29) is 17.5 Å². The van der Waals surface area contributed by atoms with Gasteiger partial charge in [-0.1, -0.05) is 6.58 Å². The Kier molecular flexibility index (Phi) is 4.68. The maximum atomic E-state index is 12.4. The van der Waals surface area contributed by atoms with Gasteiger partial charge in [0.15, 0.2) is 0 Å². The first-order chi connectivity index (χ1) is 12.8. The van der Waals surface area contributed by atoms with Gasteiger partial charge in [-0.25, -0.2) is 9.78 Å². The Morgan fingerprint density at radius 2 is 2.00 bits per heavy atom. The molecule has 0 fully saturated rings. The fourth-order valence-corrected chi connectivity index (χ4v) is 2.91. The molecule has 0 saturated heterocycles. The van der Waals surface area contributed by atoms with Crippen LogP contribution in [0.4, 0.5) is 0 Å². The first-order valence-electron chi connectivity index (χ1n) is 8.00. The lowest BCUT2D eigenvalue weighted by Crippen LogP contribution is -2.22. The lowest BCUT2D eigenvalue weighted by atomic mass is 10.0. The summed E-state index contributed by atoms with van der Waals surface area (Å²) in [4.78, 5) is 49.1. The Morgan fingerprint density at radius 3 is 2.67 bits per heavy atom. The Labute approximate surface area is 153 Å². The number of nitrogens with zero attached hydrogens (tertiary/aromatic N) is 1. The van der Waals surface area contributed by atoms with E-state index in [1.807, 2.05) is 0 Å². The number of rotatable bonds is 4. The van der Waals surface area contributed by atoms with Crippen molar-refractivity contribution in [3.63, 3.8) is 0 Å². The molecule has 0 atom stereocenters. The smallest absolute Gasteiger partial charge is 0.340 e. The zero-order chi connectivity index (χ0) is 19.7. The van der Waals surface area contributed by atoms with Crippen LogP contribution in [0.2, 0.25) is 0 Å². The topological polar surface area (TPSA) is 130 Å². The highest BCUT2D eigenvalue weighted by molar-refractivity contribution is 5.96. The van der Waals surface area contributed by atoms with E-state index in [0.29, 0.717) is 39.0 Å². The lowest BCUT2D eigenvalue weighted by Gasteiger charge is -2.04. The second-order valence-electron chi connectivity index (χ2n) is 5.88. The van der Waals surface area contributed by atoms with Gasteiger partial charge in [0.05, 0.1) is 37.1 Å². The van der Waals surface area contributed by atoms with Crippen LogP contribution >= 0.6 is 0 Å². The van der Waals surface area contributed by atoms with Crippen LogP contribution in [0.1, 0.15) is 27.3 Å². The minimum atomic E-state index is -0.624. The molecule has 3 N–H and O–H groups in total. The molecular weight excluding hydrogens is 352 g/mol. The van der Waals surface area contributed by atoms with Crippen LogP contribution in [0.25, 0.3) is 24.0 Å². The molecule has 9 heteroatoms. The third-order valence-corrected chi connectivity index (χ3v) is 4.22. The summed E-state index contributed by atoms with van der Waals surface area (Å²) in [6.45, 7) is 5.40. The van der Waals surface area contributed by atoms with Gasteiger partial charge in [-0.3, -0.25) is 9.59 Å². The van der Waals surface area contributed by atoms with E-state index in [9.17, 15) is 14.4 Å². The Bertz CT molecular complexity index is 1170. The van der Waals surface area contributed by atoms with E-state index >= 15 is 0 Å². The van der Waals surface area contributed by atoms with E-state index in [2.05, 4.69) is 26.5 Å². The van der Waals surface area contributed by atoms with Crippen molar-refractivity contribution in [3.05, 3.63) is 49.8 Å². The molecular formula is C18H18N4O5. The molecule has 9 nitrogen and oxygen atoms in total. The molecule has 0 aliphatic carbocycles. The van der Waals surface area contributed by atoms with Crippen LogP contribution in [0.3, 0.4) is 0 Å². The first-order valence-corrected chi connectivity index (χ1v) is 8.00. The molecule has 3 heterocycles. The Morgan fingerprint density at radius 1 is 1.26 bits per heavy atom. The van der Waals surface area contributed by atoms with Crippen molar-refractivity contribution >= 4 is 24.6 Å². The molecule has 140 valence electrons. The van der Waals surface area contributed by atoms with E-state index in [1.165, 1.54) is 20.3 Å². The zero-order valence-corrected chi connectivity index (χ0v) is 15.1. The molecule has 0 unspecified atom stereocenters. The summed E-state index contributed by atoms with van der Waals surface area (Å²) >= 11 is 0. The van der Waals surface area contributed by atoms with Gasteiger partial charge < -0.3 is 24.4 Å². The highest BCUT2D eigenvalue weighted by Gasteiger charge is 2.24. The highest BCUT2D eigenvalue weighted by atomic mass is 16.5. The van der Waals surface area contributed by atoms with Crippen LogP contribution in [-0.4, -0.2) is 46.1 Å². The van der Waals surface area contributed by atoms with Crippen LogP contribution in [0, 0.1) is 6.92 Å². The molecule has 1 aromatic heterocycles. The van der Waals surface area contributed by atoms with Gasteiger partial charge in [0.2, 0.25) is 0 Å². The maximum Gasteiger partial charge on any atom is 0.340 e. The monoisotopic (exact) mass is 370 g/mol. The van der Waals surface area contributed by atoms with Gasteiger partial charge in [0, 0.05) is 17.5 Å². The number of aromatic amines is 3. The molecule has 27 heavy (non-hydrogen) atoms. The number of H-pyrrole nitrogens is 3. The summed E-state index contributed by atoms with van der Waals surface area (Å²) in [5, 5.41) is 0.310. The summed E-state index contributed by atoms with van der Waals surface area (Å²) in [5.74, 6) is -0.735. The SMILES string of the molecule is C=c1nc2[nH]c(=O)c(=Cc3[nH]c(C)c(CC(=O)OC)c3C(=O)OC)c-2c[nH]1. The summed E-state index contributed by atoms with van der Waals surface area (Å²) in [5.41, 5.74) is 2.18. The van der Waals surface area contributed by atoms with Crippen molar-refractivity contribution in [2.24, 2.45) is 0 Å². The lowest BCUT2D eigenvalue weighted by molar-refractivity contribution is -0.139. The number of esters is 2. The largest absolute Gasteiger partial charge is 0.469 e. The first kappa shape index (κ1) is 18.2. The fourth-order valence-electron chi connectivity index (χ4n) is 2.91. The number of methoxy groups -OCH3 is 2. The summed E-state index contributed by atoms with van der Waals surface area (Å²) in [7, 11) is 2.51. The average Bonchev–Trinajstić information content (AvgIpc) is 3.10. The van der Waals surface area contributed by atoms with Crippen molar-refractivity contribution < 1.29 is 19.1 Å². The predicted octanol–water partition coefficient (Wildman–Crippen LogP) is -0.419. The molecule has 0 spiro atoms. The molecule has 0 aromatic carbocycles. The molecule has 0 bridgehead atoms. The van der Waals surface area contributed by atoms with Crippen molar-refractivity contribution in [2.45, 2.75) is 13.3 Å². The highest BCUT2D eigenvalue weighted by Crippen LogP contribution is 2.22. The van der Waals surface area contributed by atoms with Crippen LogP contribution in [-0.2, 0) is 20.7 Å². The van der Waals surface area contributed by atoms with E-state index in [4.69, 9.17) is 9.47 Å². The van der Waals surface area contributed by atoms with Gasteiger partial charge in [0.25, 0.3) is 5.56 Å². The second kappa shape index (κ2) is 6.94. The number of aryl methyl sites for hydroxylation is 1. The quantitative estimate of drug-likeness (QED) is 0.535. The predicted molar refractivity (Wildman–Crippen MR) is 96.8 cm³/mol.